The van der Waals surface area contributed by atoms with Crippen molar-refractivity contribution in [3.8, 4) is 5.88 Å². The van der Waals surface area contributed by atoms with Gasteiger partial charge in [0.1, 0.15) is 17.6 Å². The highest BCUT2D eigenvalue weighted by Gasteiger charge is 2.23. The number of anilines is 2. The average Bonchev–Trinajstić information content (AvgIpc) is 2.82. The summed E-state index contributed by atoms with van der Waals surface area (Å²) in [6, 6.07) is 4.60. The van der Waals surface area contributed by atoms with Gasteiger partial charge in [0.15, 0.2) is 0 Å². The Labute approximate surface area is 185 Å². The molecule has 0 aliphatic carbocycles. The van der Waals surface area contributed by atoms with E-state index in [9.17, 15) is 9.18 Å². The Morgan fingerprint density at radius 1 is 1.12 bits per heavy atom. The molecule has 4 rings (SSSR count). The van der Waals surface area contributed by atoms with Crippen LogP contribution in [0.3, 0.4) is 0 Å². The third kappa shape index (κ3) is 5.16. The molecule has 1 N–H and O–H groups in total. The van der Waals surface area contributed by atoms with Gasteiger partial charge >= 0.3 is 0 Å². The number of hydrogen-bond acceptors (Lipinski definition) is 7. The van der Waals surface area contributed by atoms with Gasteiger partial charge in [-0.05, 0) is 36.6 Å². The van der Waals surface area contributed by atoms with Crippen molar-refractivity contribution in [1.82, 2.24) is 19.9 Å². The van der Waals surface area contributed by atoms with Crippen molar-refractivity contribution in [2.24, 2.45) is 0 Å². The van der Waals surface area contributed by atoms with Gasteiger partial charge in [0.2, 0.25) is 11.8 Å². The molecule has 0 radical (unpaired) electrons. The molecule has 8 nitrogen and oxygen atoms in total. The maximum absolute atomic E-state index is 13.9. The molecule has 1 aromatic carbocycles. The predicted molar refractivity (Wildman–Crippen MR) is 118 cm³/mol. The lowest BCUT2D eigenvalue weighted by molar-refractivity contribution is 0.102. The van der Waals surface area contributed by atoms with Gasteiger partial charge in [-0.15, -0.1) is 0 Å². The van der Waals surface area contributed by atoms with Gasteiger partial charge in [0.05, 0.1) is 18.1 Å². The number of aromatic nitrogens is 4. The molecular formula is C23H25FN6O2. The van der Waals surface area contributed by atoms with E-state index in [4.69, 9.17) is 4.74 Å². The van der Waals surface area contributed by atoms with Crippen LogP contribution in [-0.2, 0) is 6.42 Å². The summed E-state index contributed by atoms with van der Waals surface area (Å²) < 4.78 is 19.9. The molecule has 3 aromatic rings. The third-order valence-electron chi connectivity index (χ3n) is 5.35. The number of benzene rings is 1. The van der Waals surface area contributed by atoms with E-state index in [-0.39, 0.29) is 17.5 Å². The Kier molecular flexibility index (Phi) is 6.53. The topological polar surface area (TPSA) is 93.1 Å². The van der Waals surface area contributed by atoms with Crippen LogP contribution in [0.15, 0.2) is 43.0 Å². The molecule has 1 amide bonds. The molecule has 1 aliphatic rings. The van der Waals surface area contributed by atoms with Crippen LogP contribution in [0, 0.1) is 12.7 Å². The first-order valence-corrected chi connectivity index (χ1v) is 10.6. The predicted octanol–water partition coefficient (Wildman–Crippen LogP) is 3.58. The number of ether oxygens (including phenoxy) is 1. The van der Waals surface area contributed by atoms with E-state index in [2.05, 4.69) is 37.1 Å². The summed E-state index contributed by atoms with van der Waals surface area (Å²) in [5.41, 5.74) is 2.07. The first kappa shape index (κ1) is 21.6. The van der Waals surface area contributed by atoms with E-state index < -0.39 is 11.7 Å². The number of rotatable bonds is 6. The van der Waals surface area contributed by atoms with Crippen molar-refractivity contribution in [3.05, 3.63) is 65.6 Å². The minimum atomic E-state index is -0.533. The molecule has 9 heteroatoms. The fraction of sp³-hybridized carbons (Fsp3) is 0.348. The largest absolute Gasteiger partial charge is 0.473 e. The lowest BCUT2D eigenvalue weighted by Crippen LogP contribution is -2.39. The van der Waals surface area contributed by atoms with Crippen LogP contribution in [0.1, 0.15) is 41.4 Å². The molecule has 0 atom stereocenters. The molecule has 0 saturated carbocycles. The second kappa shape index (κ2) is 9.67. The molecule has 0 spiro atoms. The van der Waals surface area contributed by atoms with Crippen LogP contribution in [0.2, 0.25) is 0 Å². The van der Waals surface area contributed by atoms with E-state index in [1.807, 2.05) is 12.4 Å². The van der Waals surface area contributed by atoms with Gasteiger partial charge in [0.25, 0.3) is 5.91 Å². The molecule has 32 heavy (non-hydrogen) atoms. The van der Waals surface area contributed by atoms with Crippen molar-refractivity contribution in [1.29, 1.82) is 0 Å². The van der Waals surface area contributed by atoms with Gasteiger partial charge in [-0.25, -0.2) is 24.3 Å². The first-order chi connectivity index (χ1) is 15.5. The van der Waals surface area contributed by atoms with Crippen LogP contribution in [0.5, 0.6) is 5.88 Å². The SMILES string of the molecule is CCc1cnc(N2CCC(Oc3cnc(C(=O)Nc4ccc(C)cc4F)cn3)CC2)nc1. The van der Waals surface area contributed by atoms with E-state index in [0.29, 0.717) is 5.88 Å². The minimum Gasteiger partial charge on any atom is -0.473 e. The summed E-state index contributed by atoms with van der Waals surface area (Å²) in [4.78, 5) is 31.6. The summed E-state index contributed by atoms with van der Waals surface area (Å²) in [6.45, 7) is 5.42. The van der Waals surface area contributed by atoms with Crippen molar-refractivity contribution in [2.45, 2.75) is 39.2 Å². The second-order valence-corrected chi connectivity index (χ2v) is 7.73. The fourth-order valence-corrected chi connectivity index (χ4v) is 3.44. The summed E-state index contributed by atoms with van der Waals surface area (Å²) in [5, 5.41) is 2.51. The highest BCUT2D eigenvalue weighted by atomic mass is 19.1. The number of piperidine rings is 1. The highest BCUT2D eigenvalue weighted by molar-refractivity contribution is 6.02. The molecule has 0 unspecified atom stereocenters. The molecule has 2 aromatic heterocycles. The summed E-state index contributed by atoms with van der Waals surface area (Å²) >= 11 is 0. The number of amides is 1. The van der Waals surface area contributed by atoms with Crippen LogP contribution < -0.4 is 15.0 Å². The monoisotopic (exact) mass is 436 g/mol. The summed E-state index contributed by atoms with van der Waals surface area (Å²) in [5.74, 6) is 0.0596. The van der Waals surface area contributed by atoms with E-state index in [1.165, 1.54) is 24.5 Å². The van der Waals surface area contributed by atoms with Crippen molar-refractivity contribution in [2.75, 3.05) is 23.3 Å². The molecule has 0 bridgehead atoms. The average molecular weight is 436 g/mol. The van der Waals surface area contributed by atoms with E-state index in [1.54, 1.807) is 13.0 Å². The number of hydrogen-bond donors (Lipinski definition) is 1. The van der Waals surface area contributed by atoms with Gasteiger partial charge in [0, 0.05) is 38.3 Å². The molecular weight excluding hydrogens is 411 g/mol. The summed E-state index contributed by atoms with van der Waals surface area (Å²) in [6.07, 6.45) is 8.99. The lowest BCUT2D eigenvalue weighted by Gasteiger charge is -2.31. The highest BCUT2D eigenvalue weighted by Crippen LogP contribution is 2.20. The Balaban J connectivity index is 1.29. The van der Waals surface area contributed by atoms with Gasteiger partial charge in [-0.2, -0.15) is 0 Å². The zero-order chi connectivity index (χ0) is 22.5. The minimum absolute atomic E-state index is 0.00297. The Morgan fingerprint density at radius 2 is 1.88 bits per heavy atom. The number of halogens is 1. The third-order valence-corrected chi connectivity index (χ3v) is 5.35. The zero-order valence-corrected chi connectivity index (χ0v) is 18.1. The lowest BCUT2D eigenvalue weighted by atomic mass is 10.1. The maximum Gasteiger partial charge on any atom is 0.275 e. The van der Waals surface area contributed by atoms with Crippen LogP contribution >= 0.6 is 0 Å². The molecule has 3 heterocycles. The standard InChI is InChI=1S/C23H25FN6O2/c1-3-16-11-27-23(28-12-16)30-8-6-17(7-9-30)32-21-14-25-20(13-26-21)22(31)29-19-5-4-15(2)10-18(19)24/h4-5,10-14,17H,3,6-9H2,1-2H3,(H,29,31). The Morgan fingerprint density at radius 3 is 2.50 bits per heavy atom. The van der Waals surface area contributed by atoms with Crippen molar-refractivity contribution < 1.29 is 13.9 Å². The van der Waals surface area contributed by atoms with Gasteiger partial charge in [-0.1, -0.05) is 13.0 Å². The van der Waals surface area contributed by atoms with Crippen LogP contribution in [0.25, 0.3) is 0 Å². The maximum atomic E-state index is 13.9. The Bertz CT molecular complexity index is 1070. The van der Waals surface area contributed by atoms with Crippen LogP contribution in [0.4, 0.5) is 16.0 Å². The number of nitrogens with zero attached hydrogens (tertiary/aromatic N) is 5. The van der Waals surface area contributed by atoms with Gasteiger partial charge in [-0.3, -0.25) is 4.79 Å². The van der Waals surface area contributed by atoms with Crippen LogP contribution in [-0.4, -0.2) is 45.0 Å². The normalized spacial score (nSPS) is 14.3. The van der Waals surface area contributed by atoms with Gasteiger partial charge < -0.3 is 15.0 Å². The number of nitrogens with one attached hydrogen (secondary N) is 1. The quantitative estimate of drug-likeness (QED) is 0.631. The van der Waals surface area contributed by atoms with E-state index in [0.717, 1.165) is 49.4 Å². The first-order valence-electron chi connectivity index (χ1n) is 10.6. The van der Waals surface area contributed by atoms with E-state index >= 15 is 0 Å². The molecule has 166 valence electrons. The molecule has 1 fully saturated rings. The molecule has 1 saturated heterocycles. The number of carbonyl (C=O) groups excluding carboxylic acids is 1. The smallest absolute Gasteiger partial charge is 0.275 e. The number of aryl methyl sites for hydroxylation is 2. The zero-order valence-electron chi connectivity index (χ0n) is 18.1. The Hall–Kier alpha value is -3.62. The fourth-order valence-electron chi connectivity index (χ4n) is 3.44. The number of carbonyl (C=O) groups is 1. The van der Waals surface area contributed by atoms with Crippen molar-refractivity contribution >= 4 is 17.5 Å². The molecule has 1 aliphatic heterocycles. The van der Waals surface area contributed by atoms with Crippen molar-refractivity contribution in [3.63, 3.8) is 0 Å². The summed E-state index contributed by atoms with van der Waals surface area (Å²) in [7, 11) is 0. The second-order valence-electron chi connectivity index (χ2n) is 7.73.